The summed E-state index contributed by atoms with van der Waals surface area (Å²) in [7, 11) is 1.57. The molecule has 3 nitrogen and oxygen atoms in total. The molecule has 0 saturated heterocycles. The zero-order chi connectivity index (χ0) is 10.6. The van der Waals surface area contributed by atoms with Crippen molar-refractivity contribution in [3.8, 4) is 5.75 Å². The molecule has 0 bridgehead atoms. The molecule has 0 aliphatic heterocycles. The minimum atomic E-state index is -0.215. The Kier molecular flexibility index (Phi) is 3.95. The summed E-state index contributed by atoms with van der Waals surface area (Å²) in [6, 6.07) is 7.30. The van der Waals surface area contributed by atoms with Gasteiger partial charge in [-0.05, 0) is 19.1 Å². The number of carbonyl (C=O) groups is 1. The molecule has 14 heavy (non-hydrogen) atoms. The topological polar surface area (TPSA) is 38.3 Å². The van der Waals surface area contributed by atoms with E-state index in [0.29, 0.717) is 11.4 Å². The summed E-state index contributed by atoms with van der Waals surface area (Å²) < 4.78 is 5.10. The van der Waals surface area contributed by atoms with Gasteiger partial charge in [-0.25, -0.2) is 0 Å². The maximum Gasteiger partial charge on any atom is 0.237 e. The number of nitrogens with one attached hydrogen (secondary N) is 1. The van der Waals surface area contributed by atoms with Crippen LogP contribution in [0.3, 0.4) is 0 Å². The number of rotatable bonds is 3. The van der Waals surface area contributed by atoms with Crippen LogP contribution < -0.4 is 10.1 Å². The van der Waals surface area contributed by atoms with Crippen molar-refractivity contribution in [1.29, 1.82) is 0 Å². The number of alkyl halides is 1. The molecule has 0 fully saturated rings. The lowest BCUT2D eigenvalue weighted by molar-refractivity contribution is -0.115. The summed E-state index contributed by atoms with van der Waals surface area (Å²) in [5, 5.41) is 2.75. The third-order valence-corrected chi connectivity index (χ3v) is 2.14. The molecule has 76 valence electrons. The van der Waals surface area contributed by atoms with Crippen LogP contribution in [0, 0.1) is 0 Å². The van der Waals surface area contributed by atoms with Crippen molar-refractivity contribution < 1.29 is 9.53 Å². The quantitative estimate of drug-likeness (QED) is 0.845. The number of ether oxygens (including phenoxy) is 1. The normalized spacial score (nSPS) is 11.9. The van der Waals surface area contributed by atoms with Crippen LogP contribution in [0.5, 0.6) is 5.75 Å². The van der Waals surface area contributed by atoms with Gasteiger partial charge in [-0.1, -0.05) is 28.1 Å². The molecule has 1 rings (SSSR count). The number of para-hydroxylation sites is 2. The molecular formula is C10H12BrNO2. The highest BCUT2D eigenvalue weighted by Crippen LogP contribution is 2.23. The Morgan fingerprint density at radius 1 is 1.50 bits per heavy atom. The van der Waals surface area contributed by atoms with E-state index in [4.69, 9.17) is 4.74 Å². The van der Waals surface area contributed by atoms with Gasteiger partial charge >= 0.3 is 0 Å². The Morgan fingerprint density at radius 2 is 2.14 bits per heavy atom. The SMILES string of the molecule is COc1ccccc1NC(=O)[C@H](C)Br. The summed E-state index contributed by atoms with van der Waals surface area (Å²) in [5.41, 5.74) is 0.686. The van der Waals surface area contributed by atoms with Crippen LogP contribution >= 0.6 is 15.9 Å². The van der Waals surface area contributed by atoms with Crippen LogP contribution in [0.15, 0.2) is 24.3 Å². The number of amides is 1. The van der Waals surface area contributed by atoms with Gasteiger partial charge in [-0.2, -0.15) is 0 Å². The van der Waals surface area contributed by atoms with Crippen LogP contribution in [0.2, 0.25) is 0 Å². The predicted molar refractivity (Wildman–Crippen MR) is 60.0 cm³/mol. The van der Waals surface area contributed by atoms with E-state index in [2.05, 4.69) is 21.2 Å². The molecule has 0 aromatic heterocycles. The maximum atomic E-state index is 11.4. The van der Waals surface area contributed by atoms with Crippen LogP contribution in [0.4, 0.5) is 5.69 Å². The largest absolute Gasteiger partial charge is 0.495 e. The minimum Gasteiger partial charge on any atom is -0.495 e. The Labute approximate surface area is 91.6 Å². The number of carbonyl (C=O) groups excluding carboxylic acids is 1. The third-order valence-electron chi connectivity index (χ3n) is 1.73. The van der Waals surface area contributed by atoms with Crippen molar-refractivity contribution in [2.75, 3.05) is 12.4 Å². The summed E-state index contributed by atoms with van der Waals surface area (Å²) in [6.07, 6.45) is 0. The van der Waals surface area contributed by atoms with E-state index in [-0.39, 0.29) is 10.7 Å². The Hall–Kier alpha value is -1.03. The monoisotopic (exact) mass is 257 g/mol. The van der Waals surface area contributed by atoms with Crippen LogP contribution in [0.25, 0.3) is 0 Å². The maximum absolute atomic E-state index is 11.4. The van der Waals surface area contributed by atoms with Gasteiger partial charge in [-0.3, -0.25) is 4.79 Å². The van der Waals surface area contributed by atoms with Gasteiger partial charge in [0.1, 0.15) is 5.75 Å². The van der Waals surface area contributed by atoms with Crippen LogP contribution in [-0.4, -0.2) is 17.8 Å². The number of anilines is 1. The first-order valence-electron chi connectivity index (χ1n) is 4.23. The molecule has 0 spiro atoms. The van der Waals surface area contributed by atoms with Crippen molar-refractivity contribution in [3.05, 3.63) is 24.3 Å². The number of hydrogen-bond acceptors (Lipinski definition) is 2. The third kappa shape index (κ3) is 2.73. The Bertz CT molecular complexity index is 326. The van der Waals surface area contributed by atoms with Crippen molar-refractivity contribution in [1.82, 2.24) is 0 Å². The number of hydrogen-bond donors (Lipinski definition) is 1. The van der Waals surface area contributed by atoms with Crippen molar-refractivity contribution in [2.45, 2.75) is 11.8 Å². The lowest BCUT2D eigenvalue weighted by Gasteiger charge is -2.10. The summed E-state index contributed by atoms with van der Waals surface area (Å²) >= 11 is 3.19. The van der Waals surface area contributed by atoms with E-state index in [1.165, 1.54) is 0 Å². The van der Waals surface area contributed by atoms with Crippen molar-refractivity contribution >= 4 is 27.5 Å². The number of methoxy groups -OCH3 is 1. The first-order chi connectivity index (χ1) is 6.65. The molecule has 4 heteroatoms. The first kappa shape index (κ1) is 11.0. The zero-order valence-corrected chi connectivity index (χ0v) is 9.67. The number of benzene rings is 1. The standard InChI is InChI=1S/C10H12BrNO2/c1-7(11)10(13)12-8-5-3-4-6-9(8)14-2/h3-7H,1-2H3,(H,12,13)/t7-/m0/s1. The van der Waals surface area contributed by atoms with E-state index in [1.54, 1.807) is 26.2 Å². The second-order valence-corrected chi connectivity index (χ2v) is 4.18. The molecule has 0 aliphatic rings. The highest BCUT2D eigenvalue weighted by molar-refractivity contribution is 9.10. The van der Waals surface area contributed by atoms with E-state index in [0.717, 1.165) is 0 Å². The first-order valence-corrected chi connectivity index (χ1v) is 5.14. The molecule has 0 unspecified atom stereocenters. The number of halogens is 1. The van der Waals surface area contributed by atoms with Crippen LogP contribution in [-0.2, 0) is 4.79 Å². The average molecular weight is 258 g/mol. The summed E-state index contributed by atoms with van der Waals surface area (Å²) in [4.78, 5) is 11.2. The van der Waals surface area contributed by atoms with Gasteiger partial charge < -0.3 is 10.1 Å². The molecule has 1 atom stereocenters. The highest BCUT2D eigenvalue weighted by atomic mass is 79.9. The fourth-order valence-corrected chi connectivity index (χ4v) is 1.09. The molecule has 1 N–H and O–H groups in total. The second kappa shape index (κ2) is 5.00. The van der Waals surface area contributed by atoms with E-state index < -0.39 is 0 Å². The van der Waals surface area contributed by atoms with E-state index >= 15 is 0 Å². The lowest BCUT2D eigenvalue weighted by Crippen LogP contribution is -2.20. The molecule has 1 aromatic carbocycles. The lowest BCUT2D eigenvalue weighted by atomic mass is 10.3. The Balaban J connectivity index is 2.80. The Morgan fingerprint density at radius 3 is 2.71 bits per heavy atom. The summed E-state index contributed by atoms with van der Waals surface area (Å²) in [6.45, 7) is 1.77. The highest BCUT2D eigenvalue weighted by Gasteiger charge is 2.10. The van der Waals surface area contributed by atoms with Gasteiger partial charge in [0.05, 0.1) is 17.6 Å². The summed E-state index contributed by atoms with van der Waals surface area (Å²) in [5.74, 6) is 0.573. The van der Waals surface area contributed by atoms with E-state index in [1.807, 2.05) is 12.1 Å². The molecule has 1 aromatic rings. The zero-order valence-electron chi connectivity index (χ0n) is 8.08. The molecule has 1 amide bonds. The van der Waals surface area contributed by atoms with Gasteiger partial charge in [-0.15, -0.1) is 0 Å². The molecule has 0 aliphatic carbocycles. The van der Waals surface area contributed by atoms with Crippen molar-refractivity contribution in [2.24, 2.45) is 0 Å². The molecular weight excluding hydrogens is 246 g/mol. The smallest absolute Gasteiger partial charge is 0.237 e. The molecule has 0 heterocycles. The fourth-order valence-electron chi connectivity index (χ4n) is 0.980. The van der Waals surface area contributed by atoms with Gasteiger partial charge in [0.2, 0.25) is 5.91 Å². The van der Waals surface area contributed by atoms with Crippen molar-refractivity contribution in [3.63, 3.8) is 0 Å². The van der Waals surface area contributed by atoms with Gasteiger partial charge in [0, 0.05) is 0 Å². The average Bonchev–Trinajstić information content (AvgIpc) is 2.18. The van der Waals surface area contributed by atoms with Gasteiger partial charge in [0.15, 0.2) is 0 Å². The molecule has 0 saturated carbocycles. The van der Waals surface area contributed by atoms with E-state index in [9.17, 15) is 4.79 Å². The molecule has 0 radical (unpaired) electrons. The van der Waals surface area contributed by atoms with Crippen LogP contribution in [0.1, 0.15) is 6.92 Å². The minimum absolute atomic E-state index is 0.0884. The fraction of sp³-hybridized carbons (Fsp3) is 0.300. The second-order valence-electron chi connectivity index (χ2n) is 2.81. The predicted octanol–water partition coefficient (Wildman–Crippen LogP) is 2.42. The van der Waals surface area contributed by atoms with Gasteiger partial charge in [0.25, 0.3) is 0 Å².